The van der Waals surface area contributed by atoms with Gasteiger partial charge in [0, 0.05) is 42.7 Å². The fourth-order valence-corrected chi connectivity index (χ4v) is 4.17. The predicted molar refractivity (Wildman–Crippen MR) is 96.3 cm³/mol. The molecule has 1 amide bonds. The first-order chi connectivity index (χ1) is 12.7. The number of hydrogen-bond acceptors (Lipinski definition) is 3. The summed E-state index contributed by atoms with van der Waals surface area (Å²) in [5.74, 6) is 0.196. The van der Waals surface area contributed by atoms with Gasteiger partial charge in [0.1, 0.15) is 5.82 Å². The van der Waals surface area contributed by atoms with Crippen LogP contribution in [0.3, 0.4) is 0 Å². The third-order valence-corrected chi connectivity index (χ3v) is 5.52. The molecule has 4 rings (SSSR count). The van der Waals surface area contributed by atoms with Crippen molar-refractivity contribution in [2.75, 3.05) is 20.3 Å². The summed E-state index contributed by atoms with van der Waals surface area (Å²) >= 11 is 0. The molecule has 2 fully saturated rings. The Labute approximate surface area is 152 Å². The normalized spacial score (nSPS) is 26.8. The van der Waals surface area contributed by atoms with E-state index in [0.717, 1.165) is 18.6 Å². The van der Waals surface area contributed by atoms with Crippen molar-refractivity contribution in [1.82, 2.24) is 5.32 Å². The summed E-state index contributed by atoms with van der Waals surface area (Å²) in [5.41, 5.74) is 1.86. The minimum Gasteiger partial charge on any atom is -0.384 e. The van der Waals surface area contributed by atoms with Crippen LogP contribution in [0.4, 0.5) is 4.39 Å². The van der Waals surface area contributed by atoms with Crippen LogP contribution >= 0.6 is 0 Å². The third kappa shape index (κ3) is 3.02. The molecule has 0 unspecified atom stereocenters. The van der Waals surface area contributed by atoms with Gasteiger partial charge in [-0.3, -0.25) is 4.79 Å². The van der Waals surface area contributed by atoms with Gasteiger partial charge in [-0.2, -0.15) is 0 Å². The number of methoxy groups -OCH3 is 1. The Hall–Kier alpha value is -2.24. The molecule has 0 bridgehead atoms. The molecule has 0 spiro atoms. The molecule has 1 aliphatic carbocycles. The van der Waals surface area contributed by atoms with Crippen LogP contribution in [0.1, 0.15) is 16.8 Å². The Morgan fingerprint density at radius 2 is 2.00 bits per heavy atom. The van der Waals surface area contributed by atoms with Crippen LogP contribution in [-0.4, -0.2) is 38.4 Å². The average molecular weight is 355 g/mol. The number of rotatable bonds is 5. The molecule has 0 radical (unpaired) electrons. The zero-order valence-corrected chi connectivity index (χ0v) is 14.7. The first kappa shape index (κ1) is 17.2. The highest BCUT2D eigenvalue weighted by molar-refractivity contribution is 5.95. The summed E-state index contributed by atoms with van der Waals surface area (Å²) in [4.78, 5) is 12.6. The molecule has 4 nitrogen and oxygen atoms in total. The second-order valence-corrected chi connectivity index (χ2v) is 6.96. The highest BCUT2D eigenvalue weighted by Gasteiger charge is 2.54. The van der Waals surface area contributed by atoms with E-state index in [-0.39, 0.29) is 29.8 Å². The average Bonchev–Trinajstić information content (AvgIpc) is 3.09. The van der Waals surface area contributed by atoms with E-state index in [1.165, 1.54) is 6.07 Å². The van der Waals surface area contributed by atoms with Crippen LogP contribution in [0, 0.1) is 17.7 Å². The molecule has 26 heavy (non-hydrogen) atoms. The van der Waals surface area contributed by atoms with Crippen LogP contribution in [-0.2, 0) is 9.47 Å². The lowest BCUT2D eigenvalue weighted by Crippen LogP contribution is -2.62. The zero-order valence-electron chi connectivity index (χ0n) is 14.7. The standard InChI is InChI=1S/C21H22FNO3/c1-25-12-17-19(16-10-11-26-20(16)17)23-21(24)14-8-6-13(7-9-14)15-4-2-3-5-18(15)22/h2-9,16-17,19-20H,10-12H2,1H3,(H,23,24)/t16-,17+,19+,20-/m0/s1. The molecular weight excluding hydrogens is 333 g/mol. The number of halogens is 1. The molecule has 1 aliphatic heterocycles. The molecule has 2 aromatic carbocycles. The van der Waals surface area contributed by atoms with Crippen LogP contribution in [0.15, 0.2) is 48.5 Å². The molecule has 4 atom stereocenters. The third-order valence-electron chi connectivity index (χ3n) is 5.52. The van der Waals surface area contributed by atoms with Crippen LogP contribution in [0.5, 0.6) is 0 Å². The lowest BCUT2D eigenvalue weighted by Gasteiger charge is -2.47. The first-order valence-electron chi connectivity index (χ1n) is 8.95. The highest BCUT2D eigenvalue weighted by atomic mass is 19.1. The van der Waals surface area contributed by atoms with Gasteiger partial charge in [-0.05, 0) is 30.2 Å². The molecule has 136 valence electrons. The maximum atomic E-state index is 13.9. The minimum atomic E-state index is -0.270. The maximum Gasteiger partial charge on any atom is 0.251 e. The summed E-state index contributed by atoms with van der Waals surface area (Å²) in [6, 6.07) is 13.7. The Bertz CT molecular complexity index is 792. The Balaban J connectivity index is 1.46. The van der Waals surface area contributed by atoms with Gasteiger partial charge in [0.15, 0.2) is 0 Å². The summed E-state index contributed by atoms with van der Waals surface area (Å²) in [6.07, 6.45) is 1.17. The van der Waals surface area contributed by atoms with E-state index in [2.05, 4.69) is 5.32 Å². The summed E-state index contributed by atoms with van der Waals surface area (Å²) in [7, 11) is 1.67. The van der Waals surface area contributed by atoms with Gasteiger partial charge < -0.3 is 14.8 Å². The quantitative estimate of drug-likeness (QED) is 0.895. The zero-order chi connectivity index (χ0) is 18.1. The molecule has 5 heteroatoms. The SMILES string of the molecule is COC[C@@H]1[C@H](NC(=O)c2ccc(-c3ccccc3F)cc2)[C@@H]2CCO[C@H]12. The van der Waals surface area contributed by atoms with Crippen LogP contribution in [0.25, 0.3) is 11.1 Å². The van der Waals surface area contributed by atoms with E-state index < -0.39 is 0 Å². The summed E-state index contributed by atoms with van der Waals surface area (Å²) < 4.78 is 24.9. The number of benzene rings is 2. The van der Waals surface area contributed by atoms with Crippen molar-refractivity contribution in [2.24, 2.45) is 11.8 Å². The van der Waals surface area contributed by atoms with Crippen molar-refractivity contribution < 1.29 is 18.7 Å². The fourth-order valence-electron chi connectivity index (χ4n) is 4.17. The summed E-state index contributed by atoms with van der Waals surface area (Å²) in [6.45, 7) is 1.33. The molecule has 1 N–H and O–H groups in total. The van der Waals surface area contributed by atoms with E-state index in [0.29, 0.717) is 23.7 Å². The lowest BCUT2D eigenvalue weighted by molar-refractivity contribution is -0.0809. The van der Waals surface area contributed by atoms with E-state index in [9.17, 15) is 9.18 Å². The Kier molecular flexibility index (Phi) is 4.74. The van der Waals surface area contributed by atoms with E-state index in [4.69, 9.17) is 9.47 Å². The number of carbonyl (C=O) groups excluding carboxylic acids is 1. The summed E-state index contributed by atoms with van der Waals surface area (Å²) in [5, 5.41) is 3.14. The maximum absolute atomic E-state index is 13.9. The molecule has 0 aromatic heterocycles. The highest BCUT2D eigenvalue weighted by Crippen LogP contribution is 2.43. The molecule has 2 aromatic rings. The minimum absolute atomic E-state index is 0.0844. The molecule has 2 aliphatic rings. The van der Waals surface area contributed by atoms with Crippen molar-refractivity contribution in [3.8, 4) is 11.1 Å². The number of carbonyl (C=O) groups is 1. The monoisotopic (exact) mass is 355 g/mol. The second kappa shape index (κ2) is 7.17. The van der Waals surface area contributed by atoms with Gasteiger partial charge in [-0.15, -0.1) is 0 Å². The van der Waals surface area contributed by atoms with E-state index in [1.54, 1.807) is 49.6 Å². The van der Waals surface area contributed by atoms with Crippen molar-refractivity contribution >= 4 is 5.91 Å². The van der Waals surface area contributed by atoms with Gasteiger partial charge in [0.05, 0.1) is 12.7 Å². The van der Waals surface area contributed by atoms with Crippen molar-refractivity contribution in [1.29, 1.82) is 0 Å². The van der Waals surface area contributed by atoms with E-state index >= 15 is 0 Å². The lowest BCUT2D eigenvalue weighted by atomic mass is 9.67. The molecule has 1 heterocycles. The van der Waals surface area contributed by atoms with Gasteiger partial charge in [0.2, 0.25) is 0 Å². The van der Waals surface area contributed by atoms with Gasteiger partial charge in [-0.25, -0.2) is 4.39 Å². The number of fused-ring (bicyclic) bond motifs is 1. The molecule has 1 saturated carbocycles. The van der Waals surface area contributed by atoms with Crippen LogP contribution in [0.2, 0.25) is 0 Å². The number of hydrogen-bond donors (Lipinski definition) is 1. The molecule has 1 saturated heterocycles. The van der Waals surface area contributed by atoms with E-state index in [1.807, 2.05) is 0 Å². The van der Waals surface area contributed by atoms with Gasteiger partial charge >= 0.3 is 0 Å². The molecular formula is C21H22FNO3. The van der Waals surface area contributed by atoms with Gasteiger partial charge in [-0.1, -0.05) is 30.3 Å². The smallest absolute Gasteiger partial charge is 0.251 e. The predicted octanol–water partition coefficient (Wildman–Crippen LogP) is 3.27. The number of nitrogens with one attached hydrogen (secondary N) is 1. The van der Waals surface area contributed by atoms with Crippen molar-refractivity contribution in [3.63, 3.8) is 0 Å². The fraction of sp³-hybridized carbons (Fsp3) is 0.381. The largest absolute Gasteiger partial charge is 0.384 e. The Morgan fingerprint density at radius 3 is 2.73 bits per heavy atom. The van der Waals surface area contributed by atoms with Crippen molar-refractivity contribution in [3.05, 3.63) is 59.9 Å². The number of amides is 1. The van der Waals surface area contributed by atoms with Gasteiger partial charge in [0.25, 0.3) is 5.91 Å². The second-order valence-electron chi connectivity index (χ2n) is 6.96. The first-order valence-corrected chi connectivity index (χ1v) is 8.95. The number of ether oxygens (including phenoxy) is 2. The topological polar surface area (TPSA) is 47.6 Å². The van der Waals surface area contributed by atoms with Crippen LogP contribution < -0.4 is 5.32 Å². The Morgan fingerprint density at radius 1 is 1.23 bits per heavy atom. The van der Waals surface area contributed by atoms with Crippen molar-refractivity contribution in [2.45, 2.75) is 18.6 Å².